The van der Waals surface area contributed by atoms with E-state index in [1.54, 1.807) is 41.8 Å². The zero-order valence-corrected chi connectivity index (χ0v) is 12.3. The molecule has 0 amide bonds. The number of ketones is 1. The Bertz CT molecular complexity index is 493. The molecule has 1 aliphatic rings. The summed E-state index contributed by atoms with van der Waals surface area (Å²) in [5.41, 5.74) is 1.14. The number of hydrogen-bond donors (Lipinski definition) is 0. The lowest BCUT2D eigenvalue weighted by Crippen LogP contribution is -1.94. The van der Waals surface area contributed by atoms with E-state index in [0.717, 1.165) is 21.3 Å². The van der Waals surface area contributed by atoms with Crippen LogP contribution in [-0.2, 0) is 4.79 Å². The fourth-order valence-corrected chi connectivity index (χ4v) is 3.97. The van der Waals surface area contributed by atoms with Gasteiger partial charge in [-0.05, 0) is 29.6 Å². The Balaban J connectivity index is 1.85. The van der Waals surface area contributed by atoms with Crippen LogP contribution in [0.5, 0.6) is 0 Å². The van der Waals surface area contributed by atoms with Crippen molar-refractivity contribution in [1.29, 1.82) is 0 Å². The number of allylic oxidation sites excluding steroid dienone is 4. The van der Waals surface area contributed by atoms with Gasteiger partial charge in [0.05, 0.1) is 0 Å². The van der Waals surface area contributed by atoms with Crippen LogP contribution < -0.4 is 0 Å². The molecule has 0 aromatic heterocycles. The van der Waals surface area contributed by atoms with Crippen molar-refractivity contribution >= 4 is 35.4 Å². The van der Waals surface area contributed by atoms with E-state index in [4.69, 9.17) is 0 Å². The highest BCUT2D eigenvalue weighted by molar-refractivity contribution is 8.22. The summed E-state index contributed by atoms with van der Waals surface area (Å²) in [6.07, 6.45) is 10.3. The maximum absolute atomic E-state index is 11.7. The third kappa shape index (κ3) is 5.53. The van der Waals surface area contributed by atoms with Crippen LogP contribution in [-0.4, -0.2) is 17.3 Å². The first-order chi connectivity index (χ1) is 9.34. The predicted octanol–water partition coefficient (Wildman–Crippen LogP) is 4.54. The average molecular weight is 288 g/mol. The highest BCUT2D eigenvalue weighted by atomic mass is 32.2. The fraction of sp³-hybridized carbons (Fsp3) is 0.188. The molecule has 0 saturated carbocycles. The maximum atomic E-state index is 11.7. The van der Waals surface area contributed by atoms with Crippen molar-refractivity contribution in [3.05, 3.63) is 64.4 Å². The van der Waals surface area contributed by atoms with Crippen molar-refractivity contribution in [2.24, 2.45) is 0 Å². The summed E-state index contributed by atoms with van der Waals surface area (Å²) in [5, 5.41) is 0. The summed E-state index contributed by atoms with van der Waals surface area (Å²) in [6.45, 7) is 0. The molecule has 1 heterocycles. The first-order valence-electron chi connectivity index (χ1n) is 6.26. The second-order valence-corrected chi connectivity index (χ2v) is 6.58. The monoisotopic (exact) mass is 288 g/mol. The van der Waals surface area contributed by atoms with E-state index >= 15 is 0 Å². The molecule has 0 atom stereocenters. The summed E-state index contributed by atoms with van der Waals surface area (Å²) in [5.74, 6) is 2.32. The highest BCUT2D eigenvalue weighted by Gasteiger charge is 2.06. The Morgan fingerprint density at radius 2 is 1.79 bits per heavy atom. The molecule has 98 valence electrons. The second-order valence-electron chi connectivity index (χ2n) is 4.05. The van der Waals surface area contributed by atoms with Crippen LogP contribution >= 0.6 is 23.5 Å². The lowest BCUT2D eigenvalue weighted by Gasteiger charge is -2.11. The summed E-state index contributed by atoms with van der Waals surface area (Å²) in [4.78, 5) is 11.7. The van der Waals surface area contributed by atoms with Gasteiger partial charge in [-0.1, -0.05) is 48.6 Å². The SMILES string of the molecule is O=C(C=CC=Cc1ccccc1)C=C1SCCCS1. The van der Waals surface area contributed by atoms with Gasteiger partial charge >= 0.3 is 0 Å². The summed E-state index contributed by atoms with van der Waals surface area (Å²) in [7, 11) is 0. The van der Waals surface area contributed by atoms with Crippen LogP contribution in [0.25, 0.3) is 6.08 Å². The van der Waals surface area contributed by atoms with Crippen molar-refractivity contribution in [2.45, 2.75) is 6.42 Å². The number of rotatable bonds is 4. The van der Waals surface area contributed by atoms with Crippen molar-refractivity contribution in [1.82, 2.24) is 0 Å². The second kappa shape index (κ2) is 8.08. The van der Waals surface area contributed by atoms with Gasteiger partial charge in [-0.2, -0.15) is 0 Å². The zero-order chi connectivity index (χ0) is 13.3. The van der Waals surface area contributed by atoms with E-state index in [1.807, 2.05) is 42.5 Å². The first kappa shape index (κ1) is 14.2. The van der Waals surface area contributed by atoms with Crippen LogP contribution in [0.1, 0.15) is 12.0 Å². The Morgan fingerprint density at radius 1 is 1.05 bits per heavy atom. The lowest BCUT2D eigenvalue weighted by molar-refractivity contribution is -0.110. The largest absolute Gasteiger partial charge is 0.290 e. The molecule has 1 saturated heterocycles. The van der Waals surface area contributed by atoms with Crippen LogP contribution in [0.4, 0.5) is 0 Å². The number of benzene rings is 1. The van der Waals surface area contributed by atoms with Crippen molar-refractivity contribution in [3.63, 3.8) is 0 Å². The van der Waals surface area contributed by atoms with Gasteiger partial charge < -0.3 is 0 Å². The van der Waals surface area contributed by atoms with Crippen molar-refractivity contribution < 1.29 is 4.79 Å². The third-order valence-electron chi connectivity index (χ3n) is 2.50. The van der Waals surface area contributed by atoms with Gasteiger partial charge in [0.25, 0.3) is 0 Å². The van der Waals surface area contributed by atoms with Crippen molar-refractivity contribution in [3.8, 4) is 0 Å². The van der Waals surface area contributed by atoms with Crippen LogP contribution in [0.2, 0.25) is 0 Å². The van der Waals surface area contributed by atoms with Gasteiger partial charge in [-0.3, -0.25) is 4.79 Å². The van der Waals surface area contributed by atoms with E-state index in [-0.39, 0.29) is 5.78 Å². The minimum Gasteiger partial charge on any atom is -0.290 e. The van der Waals surface area contributed by atoms with E-state index in [1.165, 1.54) is 6.42 Å². The fourth-order valence-electron chi connectivity index (χ4n) is 1.57. The molecule has 1 aromatic carbocycles. The average Bonchev–Trinajstić information content (AvgIpc) is 2.46. The van der Waals surface area contributed by atoms with E-state index in [2.05, 4.69) is 0 Å². The number of carbonyl (C=O) groups excluding carboxylic acids is 1. The predicted molar refractivity (Wildman–Crippen MR) is 87.2 cm³/mol. The van der Waals surface area contributed by atoms with E-state index in [9.17, 15) is 4.79 Å². The molecule has 1 aromatic rings. The topological polar surface area (TPSA) is 17.1 Å². The Kier molecular flexibility index (Phi) is 6.05. The molecule has 0 unspecified atom stereocenters. The van der Waals surface area contributed by atoms with Gasteiger partial charge in [-0.25, -0.2) is 0 Å². The highest BCUT2D eigenvalue weighted by Crippen LogP contribution is 2.34. The Hall–Kier alpha value is -1.19. The molecule has 0 spiro atoms. The first-order valence-corrected chi connectivity index (χ1v) is 8.23. The summed E-state index contributed by atoms with van der Waals surface area (Å²) < 4.78 is 1.15. The molecule has 19 heavy (non-hydrogen) atoms. The maximum Gasteiger partial charge on any atom is 0.180 e. The molecule has 1 aliphatic heterocycles. The molecular weight excluding hydrogens is 272 g/mol. The minimum atomic E-state index is 0.0645. The molecule has 3 heteroatoms. The van der Waals surface area contributed by atoms with Gasteiger partial charge in [0.15, 0.2) is 5.78 Å². The molecule has 0 bridgehead atoms. The lowest BCUT2D eigenvalue weighted by atomic mass is 10.2. The standard InChI is InChI=1S/C16H16OS2/c17-15(13-16-18-11-6-12-19-16)10-5-4-9-14-7-2-1-3-8-14/h1-5,7-10,13H,6,11-12H2. The van der Waals surface area contributed by atoms with Gasteiger partial charge in [0.1, 0.15) is 0 Å². The molecular formula is C16H16OS2. The number of hydrogen-bond acceptors (Lipinski definition) is 3. The van der Waals surface area contributed by atoms with E-state index in [0.29, 0.717) is 0 Å². The van der Waals surface area contributed by atoms with Crippen LogP contribution in [0.3, 0.4) is 0 Å². The zero-order valence-electron chi connectivity index (χ0n) is 10.6. The summed E-state index contributed by atoms with van der Waals surface area (Å²) >= 11 is 3.56. The third-order valence-corrected chi connectivity index (χ3v) is 4.99. The Labute approximate surface area is 122 Å². The number of carbonyl (C=O) groups is 1. The van der Waals surface area contributed by atoms with E-state index < -0.39 is 0 Å². The summed E-state index contributed by atoms with van der Waals surface area (Å²) in [6, 6.07) is 10.0. The molecule has 0 N–H and O–H groups in total. The molecule has 0 radical (unpaired) electrons. The molecule has 1 fully saturated rings. The smallest absolute Gasteiger partial charge is 0.180 e. The quantitative estimate of drug-likeness (QED) is 0.598. The van der Waals surface area contributed by atoms with Gasteiger partial charge in [0, 0.05) is 10.3 Å². The molecule has 0 aliphatic carbocycles. The normalized spacial score (nSPS) is 16.1. The Morgan fingerprint density at radius 3 is 2.53 bits per heavy atom. The van der Waals surface area contributed by atoms with Gasteiger partial charge in [-0.15, -0.1) is 23.5 Å². The van der Waals surface area contributed by atoms with Crippen LogP contribution in [0, 0.1) is 0 Å². The van der Waals surface area contributed by atoms with Gasteiger partial charge in [0.2, 0.25) is 0 Å². The molecule has 2 rings (SSSR count). The molecule has 1 nitrogen and oxygen atoms in total. The number of thioether (sulfide) groups is 2. The minimum absolute atomic E-state index is 0.0645. The van der Waals surface area contributed by atoms with Crippen molar-refractivity contribution in [2.75, 3.05) is 11.5 Å². The van der Waals surface area contributed by atoms with Crippen LogP contribution in [0.15, 0.2) is 58.9 Å².